The molecule has 3 N–H and O–H groups in total. The van der Waals surface area contributed by atoms with Gasteiger partial charge in [0.15, 0.2) is 5.82 Å². The molecule has 176 valence electrons. The van der Waals surface area contributed by atoms with Crippen LogP contribution in [-0.2, 0) is 20.7 Å². The van der Waals surface area contributed by atoms with E-state index in [2.05, 4.69) is 20.3 Å². The number of nitrogens with zero attached hydrogens (tertiary/aromatic N) is 4. The molecule has 0 saturated carbocycles. The number of amides is 1. The van der Waals surface area contributed by atoms with Gasteiger partial charge in [0, 0.05) is 35.8 Å². The van der Waals surface area contributed by atoms with Gasteiger partial charge in [-0.2, -0.15) is 5.26 Å². The summed E-state index contributed by atoms with van der Waals surface area (Å²) >= 11 is 1.33. The number of nitriles is 1. The highest BCUT2D eigenvalue weighted by Crippen LogP contribution is 2.22. The lowest BCUT2D eigenvalue weighted by Gasteiger charge is -2.26. The average molecular weight is 473 g/mol. The number of thiazole rings is 1. The molecular formula is C22H28N6O4S. The smallest absolute Gasteiger partial charge is 0.408 e. The molecule has 0 unspecified atom stereocenters. The van der Waals surface area contributed by atoms with Crippen LogP contribution in [0.3, 0.4) is 0 Å². The number of aromatic nitrogens is 3. The molecule has 1 amide bonds. The molecule has 0 radical (unpaired) electrons. The minimum atomic E-state index is -0.976. The van der Waals surface area contributed by atoms with Crippen LogP contribution in [0.4, 0.5) is 4.79 Å². The molecule has 0 aromatic carbocycles. The van der Waals surface area contributed by atoms with Crippen LogP contribution < -0.4 is 11.1 Å². The van der Waals surface area contributed by atoms with Gasteiger partial charge in [-0.15, -0.1) is 11.3 Å². The second kappa shape index (κ2) is 10.4. The van der Waals surface area contributed by atoms with Gasteiger partial charge in [0.05, 0.1) is 10.7 Å². The normalized spacial score (nSPS) is 13.1. The second-order valence-electron chi connectivity index (χ2n) is 9.10. The first kappa shape index (κ1) is 25.7. The number of carbonyl (C=O) groups is 2. The fourth-order valence-corrected chi connectivity index (χ4v) is 3.29. The molecule has 1 atom stereocenters. The third kappa shape index (κ3) is 8.86. The van der Waals surface area contributed by atoms with E-state index in [4.69, 9.17) is 20.5 Å². The van der Waals surface area contributed by atoms with Crippen LogP contribution in [0.15, 0.2) is 23.5 Å². The summed E-state index contributed by atoms with van der Waals surface area (Å²) in [6.07, 6.45) is 3.89. The Morgan fingerprint density at radius 2 is 1.79 bits per heavy atom. The van der Waals surface area contributed by atoms with Gasteiger partial charge < -0.3 is 20.5 Å². The van der Waals surface area contributed by atoms with Gasteiger partial charge in [-0.3, -0.25) is 0 Å². The van der Waals surface area contributed by atoms with Gasteiger partial charge >= 0.3 is 12.1 Å². The SMILES string of the molecule is CC(C)(C)OC(=O)N[C@@H](Cc1nc(-c2cnc(C=C(N)C#N)nc2)cs1)C(=O)OC(C)(C)C. The van der Waals surface area contributed by atoms with Gasteiger partial charge in [0.1, 0.15) is 29.0 Å². The minimum Gasteiger partial charge on any atom is -0.458 e. The summed E-state index contributed by atoms with van der Waals surface area (Å²) in [5, 5.41) is 13.7. The highest BCUT2D eigenvalue weighted by atomic mass is 32.1. The molecule has 0 bridgehead atoms. The number of alkyl carbamates (subject to hydrolysis) is 1. The van der Waals surface area contributed by atoms with E-state index in [-0.39, 0.29) is 12.1 Å². The van der Waals surface area contributed by atoms with E-state index in [9.17, 15) is 9.59 Å². The van der Waals surface area contributed by atoms with Gasteiger partial charge in [0.2, 0.25) is 0 Å². The van der Waals surface area contributed by atoms with E-state index in [1.165, 1.54) is 17.4 Å². The number of nitrogens with one attached hydrogen (secondary N) is 1. The Hall–Kier alpha value is -3.52. The van der Waals surface area contributed by atoms with Crippen LogP contribution in [0.2, 0.25) is 0 Å². The summed E-state index contributed by atoms with van der Waals surface area (Å²) in [5.74, 6) is -0.278. The van der Waals surface area contributed by atoms with Gasteiger partial charge in [-0.05, 0) is 41.5 Å². The summed E-state index contributed by atoms with van der Waals surface area (Å²) in [6.45, 7) is 10.5. The summed E-state index contributed by atoms with van der Waals surface area (Å²) in [6, 6.07) is 0.826. The molecule has 2 aromatic heterocycles. The number of nitrogens with two attached hydrogens (primary N) is 1. The van der Waals surface area contributed by atoms with Crippen LogP contribution in [0.5, 0.6) is 0 Å². The number of ether oxygens (including phenoxy) is 2. The third-order valence-electron chi connectivity index (χ3n) is 3.69. The maximum atomic E-state index is 12.7. The summed E-state index contributed by atoms with van der Waals surface area (Å²) < 4.78 is 10.7. The second-order valence-corrected chi connectivity index (χ2v) is 10.0. The first-order valence-electron chi connectivity index (χ1n) is 10.1. The molecule has 0 aliphatic carbocycles. The predicted octanol–water partition coefficient (Wildman–Crippen LogP) is 3.20. The van der Waals surface area contributed by atoms with Crippen molar-refractivity contribution in [3.63, 3.8) is 0 Å². The van der Waals surface area contributed by atoms with Crippen LogP contribution in [-0.4, -0.2) is 44.3 Å². The van der Waals surface area contributed by atoms with Crippen molar-refractivity contribution in [1.82, 2.24) is 20.3 Å². The van der Waals surface area contributed by atoms with E-state index in [0.29, 0.717) is 22.1 Å². The summed E-state index contributed by atoms with van der Waals surface area (Å²) in [5.41, 5.74) is 5.30. The Labute approximate surface area is 196 Å². The zero-order valence-corrected chi connectivity index (χ0v) is 20.3. The number of esters is 1. The van der Waals surface area contributed by atoms with Crippen molar-refractivity contribution in [3.8, 4) is 17.3 Å². The molecule has 0 saturated heterocycles. The molecule has 2 rings (SSSR count). The third-order valence-corrected chi connectivity index (χ3v) is 4.57. The highest BCUT2D eigenvalue weighted by molar-refractivity contribution is 7.10. The van der Waals surface area contributed by atoms with Crippen LogP contribution in [0.25, 0.3) is 17.3 Å². The zero-order chi connectivity index (χ0) is 24.8. The first-order chi connectivity index (χ1) is 15.3. The van der Waals surface area contributed by atoms with E-state index < -0.39 is 29.3 Å². The Bertz CT molecular complexity index is 1060. The number of allylic oxidation sites excluding steroid dienone is 1. The fraction of sp³-hybridized carbons (Fsp3) is 0.455. The van der Waals surface area contributed by atoms with Crippen molar-refractivity contribution in [2.45, 2.75) is 65.2 Å². The highest BCUT2D eigenvalue weighted by Gasteiger charge is 2.29. The number of carbonyl (C=O) groups excluding carboxylic acids is 2. The number of hydrogen-bond donors (Lipinski definition) is 2. The van der Waals surface area contributed by atoms with Crippen LogP contribution >= 0.6 is 11.3 Å². The standard InChI is InChI=1S/C22H28N6O4S/c1-21(2,3)31-19(29)15(28-20(30)32-22(4,5)6)8-18-27-16(12-33-18)13-10-25-17(26-11-13)7-14(24)9-23/h7,10-12,15H,8,24H2,1-6H3,(H,28,30)/t15-/m0/s1. The van der Waals surface area contributed by atoms with Gasteiger partial charge in [-0.25, -0.2) is 24.5 Å². The number of hydrogen-bond acceptors (Lipinski definition) is 10. The monoisotopic (exact) mass is 472 g/mol. The van der Waals surface area contributed by atoms with Crippen LogP contribution in [0.1, 0.15) is 52.4 Å². The number of rotatable bonds is 6. The fourth-order valence-electron chi connectivity index (χ4n) is 2.44. The molecule has 0 aliphatic rings. The molecule has 2 aromatic rings. The molecule has 2 heterocycles. The van der Waals surface area contributed by atoms with Crippen molar-refractivity contribution >= 4 is 29.5 Å². The average Bonchev–Trinajstić information content (AvgIpc) is 3.13. The van der Waals surface area contributed by atoms with E-state index in [1.54, 1.807) is 65.4 Å². The van der Waals surface area contributed by atoms with E-state index >= 15 is 0 Å². The molecule has 0 spiro atoms. The summed E-state index contributed by atoms with van der Waals surface area (Å²) in [4.78, 5) is 37.8. The molecule has 0 fully saturated rings. The molecule has 10 nitrogen and oxygen atoms in total. The predicted molar refractivity (Wildman–Crippen MR) is 124 cm³/mol. The Balaban J connectivity index is 2.19. The Kier molecular flexibility index (Phi) is 8.11. The Morgan fingerprint density at radius 1 is 1.18 bits per heavy atom. The van der Waals surface area contributed by atoms with Crippen molar-refractivity contribution in [2.75, 3.05) is 0 Å². The lowest BCUT2D eigenvalue weighted by molar-refractivity contribution is -0.157. The largest absolute Gasteiger partial charge is 0.458 e. The molecular weight excluding hydrogens is 444 g/mol. The zero-order valence-electron chi connectivity index (χ0n) is 19.5. The maximum Gasteiger partial charge on any atom is 0.408 e. The topological polar surface area (TPSA) is 153 Å². The van der Waals surface area contributed by atoms with Gasteiger partial charge in [0.25, 0.3) is 0 Å². The molecule has 33 heavy (non-hydrogen) atoms. The lowest BCUT2D eigenvalue weighted by atomic mass is 10.1. The van der Waals surface area contributed by atoms with Crippen molar-refractivity contribution in [3.05, 3.63) is 34.3 Å². The Morgan fingerprint density at radius 3 is 2.33 bits per heavy atom. The summed E-state index contributed by atoms with van der Waals surface area (Å²) in [7, 11) is 0. The maximum absolute atomic E-state index is 12.7. The van der Waals surface area contributed by atoms with Crippen molar-refractivity contribution in [2.24, 2.45) is 5.73 Å². The molecule has 11 heteroatoms. The van der Waals surface area contributed by atoms with Crippen LogP contribution in [0, 0.1) is 11.3 Å². The quantitative estimate of drug-likeness (QED) is 0.476. The van der Waals surface area contributed by atoms with Crippen molar-refractivity contribution in [1.29, 1.82) is 5.26 Å². The minimum absolute atomic E-state index is 0.00404. The van der Waals surface area contributed by atoms with Gasteiger partial charge in [-0.1, -0.05) is 0 Å². The first-order valence-corrected chi connectivity index (χ1v) is 11.0. The van der Waals surface area contributed by atoms with E-state index in [0.717, 1.165) is 0 Å². The lowest BCUT2D eigenvalue weighted by Crippen LogP contribution is -2.47. The van der Waals surface area contributed by atoms with E-state index in [1.807, 2.05) is 0 Å². The van der Waals surface area contributed by atoms with Crippen molar-refractivity contribution < 1.29 is 19.1 Å². The molecule has 0 aliphatic heterocycles.